The number of methoxy groups -OCH3 is 1. The monoisotopic (exact) mass is 524 g/mol. The van der Waals surface area contributed by atoms with Crippen LogP contribution >= 0.6 is 15.9 Å². The fraction of sp³-hybridized carbons (Fsp3) is 0.200. The number of ketones is 1. The van der Waals surface area contributed by atoms with E-state index >= 15 is 0 Å². The van der Waals surface area contributed by atoms with Gasteiger partial charge in [0.2, 0.25) is 18.3 Å². The Hall–Kier alpha value is -3.72. The number of Topliss-reactive ketones (excluding diaryl/α,β-unsaturated/α-hetero) is 1. The van der Waals surface area contributed by atoms with Gasteiger partial charge >= 0.3 is 0 Å². The number of furan rings is 1. The van der Waals surface area contributed by atoms with E-state index in [0.717, 1.165) is 15.6 Å². The lowest BCUT2D eigenvalue weighted by Crippen LogP contribution is -2.24. The fourth-order valence-corrected chi connectivity index (χ4v) is 4.80. The summed E-state index contributed by atoms with van der Waals surface area (Å²) in [5.74, 6) is 1.28. The number of halogens is 1. The third-order valence-electron chi connectivity index (χ3n) is 5.81. The van der Waals surface area contributed by atoms with Gasteiger partial charge in [-0.05, 0) is 58.3 Å². The van der Waals surface area contributed by atoms with Gasteiger partial charge in [-0.15, -0.1) is 0 Å². The summed E-state index contributed by atoms with van der Waals surface area (Å²) in [5, 5.41) is 2.76. The lowest BCUT2D eigenvalue weighted by atomic mass is 10.0. The van der Waals surface area contributed by atoms with E-state index in [1.54, 1.807) is 43.5 Å². The van der Waals surface area contributed by atoms with Crippen molar-refractivity contribution < 1.29 is 28.2 Å². The number of nitrogens with zero attached hydrogens (tertiary/aromatic N) is 1. The van der Waals surface area contributed by atoms with Crippen molar-refractivity contribution >= 4 is 39.4 Å². The number of rotatable bonds is 5. The van der Waals surface area contributed by atoms with Crippen LogP contribution in [0.4, 0.5) is 5.69 Å². The van der Waals surface area contributed by atoms with Gasteiger partial charge in [0, 0.05) is 30.4 Å². The highest BCUT2D eigenvalue weighted by atomic mass is 79.9. The zero-order chi connectivity index (χ0) is 23.8. The van der Waals surface area contributed by atoms with Crippen LogP contribution in [0.5, 0.6) is 17.2 Å². The van der Waals surface area contributed by atoms with Gasteiger partial charge in [-0.2, -0.15) is 0 Å². The molecular formula is C25H21BrN2O6. The van der Waals surface area contributed by atoms with Crippen LogP contribution in [0.25, 0.3) is 6.08 Å². The van der Waals surface area contributed by atoms with Crippen LogP contribution in [-0.4, -0.2) is 44.1 Å². The van der Waals surface area contributed by atoms with E-state index < -0.39 is 0 Å². The molecule has 1 aromatic heterocycles. The predicted molar refractivity (Wildman–Crippen MR) is 129 cm³/mol. The second-order valence-electron chi connectivity index (χ2n) is 7.85. The number of allylic oxidation sites excluding steroid dienone is 1. The standard InChI is InChI=1S/C25H21BrN2O6/c1-28-9-8-16-17(22(31-2)24-23(20(16)26)33-13-34-24)12-18(28)21(29)14-5-3-6-15(11-14)27-25(30)19-7-4-10-32-19/h3-7,10-12H,8-9,13H2,1-2H3,(H,27,30). The van der Waals surface area contributed by atoms with E-state index in [-0.39, 0.29) is 24.2 Å². The minimum Gasteiger partial charge on any atom is -0.492 e. The van der Waals surface area contributed by atoms with Crippen molar-refractivity contribution in [3.05, 3.63) is 75.3 Å². The molecule has 0 fully saturated rings. The van der Waals surface area contributed by atoms with Gasteiger partial charge < -0.3 is 28.8 Å². The molecule has 2 aliphatic rings. The number of hydrogen-bond donors (Lipinski definition) is 1. The number of benzene rings is 2. The molecule has 0 aliphatic carbocycles. The van der Waals surface area contributed by atoms with Crippen molar-refractivity contribution in [3.63, 3.8) is 0 Å². The first-order chi connectivity index (χ1) is 16.5. The molecule has 9 heteroatoms. The molecule has 0 atom stereocenters. The molecule has 0 spiro atoms. The van der Waals surface area contributed by atoms with Crippen LogP contribution in [-0.2, 0) is 6.42 Å². The molecule has 8 nitrogen and oxygen atoms in total. The molecule has 0 saturated carbocycles. The molecular weight excluding hydrogens is 504 g/mol. The lowest BCUT2D eigenvalue weighted by molar-refractivity contribution is 0.0989. The second kappa shape index (κ2) is 8.90. The number of nitrogens with one attached hydrogen (secondary N) is 1. The number of likely N-dealkylation sites (N-methyl/N-ethyl adjacent to an activating group) is 1. The van der Waals surface area contributed by atoms with Crippen LogP contribution in [0.3, 0.4) is 0 Å². The average Bonchev–Trinajstić information content (AvgIpc) is 3.52. The number of ether oxygens (including phenoxy) is 3. The van der Waals surface area contributed by atoms with E-state index in [1.165, 1.54) is 6.26 Å². The Bertz CT molecular complexity index is 1320. The van der Waals surface area contributed by atoms with Crippen LogP contribution in [0.1, 0.15) is 32.0 Å². The molecule has 2 aliphatic heterocycles. The SMILES string of the molecule is COc1c2c(c(Br)c3c1OCO3)CCN(C)C(C(=O)c1cccc(NC(=O)c3ccco3)c1)=C2. The maximum Gasteiger partial charge on any atom is 0.291 e. The van der Waals surface area contributed by atoms with Gasteiger partial charge in [-0.1, -0.05) is 12.1 Å². The molecule has 3 heterocycles. The van der Waals surface area contributed by atoms with Crippen molar-refractivity contribution in [1.82, 2.24) is 4.90 Å². The number of hydrogen-bond acceptors (Lipinski definition) is 7. The summed E-state index contributed by atoms with van der Waals surface area (Å²) >= 11 is 3.65. The molecule has 3 aromatic rings. The number of anilines is 1. The first kappa shape index (κ1) is 22.1. The molecule has 0 unspecified atom stereocenters. The smallest absolute Gasteiger partial charge is 0.291 e. The predicted octanol–water partition coefficient (Wildman–Crippen LogP) is 4.74. The Morgan fingerprint density at radius 1 is 1.15 bits per heavy atom. The minimum absolute atomic E-state index is 0.110. The molecule has 2 aromatic carbocycles. The van der Waals surface area contributed by atoms with Crippen molar-refractivity contribution in [2.45, 2.75) is 6.42 Å². The van der Waals surface area contributed by atoms with Crippen LogP contribution in [0, 0.1) is 0 Å². The average molecular weight is 525 g/mol. The van der Waals surface area contributed by atoms with E-state index in [9.17, 15) is 9.59 Å². The van der Waals surface area contributed by atoms with Crippen molar-refractivity contribution in [3.8, 4) is 17.2 Å². The molecule has 174 valence electrons. The van der Waals surface area contributed by atoms with E-state index in [1.807, 2.05) is 18.0 Å². The van der Waals surface area contributed by atoms with Crippen LogP contribution in [0.2, 0.25) is 0 Å². The van der Waals surface area contributed by atoms with Crippen LogP contribution in [0.15, 0.2) is 57.2 Å². The first-order valence-electron chi connectivity index (χ1n) is 10.6. The summed E-state index contributed by atoms with van der Waals surface area (Å²) in [6.07, 6.45) is 3.93. The summed E-state index contributed by atoms with van der Waals surface area (Å²) < 4.78 is 22.9. The quantitative estimate of drug-likeness (QED) is 0.482. The largest absolute Gasteiger partial charge is 0.492 e. The normalized spacial score (nSPS) is 14.2. The Kier molecular flexibility index (Phi) is 5.79. The molecule has 0 radical (unpaired) electrons. The zero-order valence-electron chi connectivity index (χ0n) is 18.5. The highest BCUT2D eigenvalue weighted by molar-refractivity contribution is 9.10. The summed E-state index contributed by atoms with van der Waals surface area (Å²) in [7, 11) is 3.44. The maximum absolute atomic E-state index is 13.6. The highest BCUT2D eigenvalue weighted by Gasteiger charge is 2.31. The number of amides is 1. The third kappa shape index (κ3) is 3.81. The topological polar surface area (TPSA) is 90.2 Å². The van der Waals surface area contributed by atoms with Gasteiger partial charge in [0.1, 0.15) is 0 Å². The van der Waals surface area contributed by atoms with E-state index in [4.69, 9.17) is 18.6 Å². The number of carbonyl (C=O) groups excluding carboxylic acids is 2. The first-order valence-corrected chi connectivity index (χ1v) is 11.4. The fourth-order valence-electron chi connectivity index (χ4n) is 4.10. The summed E-state index contributed by atoms with van der Waals surface area (Å²) in [6, 6.07) is 10.0. The molecule has 0 saturated heterocycles. The highest BCUT2D eigenvalue weighted by Crippen LogP contribution is 2.51. The van der Waals surface area contributed by atoms with Crippen LogP contribution < -0.4 is 19.5 Å². The maximum atomic E-state index is 13.6. The Balaban J connectivity index is 1.52. The summed E-state index contributed by atoms with van der Waals surface area (Å²) in [5.41, 5.74) is 3.19. The molecule has 5 rings (SSSR count). The third-order valence-corrected chi connectivity index (χ3v) is 6.65. The minimum atomic E-state index is -0.389. The van der Waals surface area contributed by atoms with Gasteiger partial charge in [-0.3, -0.25) is 9.59 Å². The molecule has 1 amide bonds. The summed E-state index contributed by atoms with van der Waals surface area (Å²) in [6.45, 7) is 0.722. The lowest BCUT2D eigenvalue weighted by Gasteiger charge is -2.20. The Morgan fingerprint density at radius 3 is 2.74 bits per heavy atom. The number of fused-ring (bicyclic) bond motifs is 2. The number of carbonyl (C=O) groups is 2. The zero-order valence-corrected chi connectivity index (χ0v) is 20.1. The van der Waals surface area contributed by atoms with Crippen molar-refractivity contribution in [1.29, 1.82) is 0 Å². The summed E-state index contributed by atoms with van der Waals surface area (Å²) in [4.78, 5) is 27.9. The van der Waals surface area contributed by atoms with E-state index in [2.05, 4.69) is 21.2 Å². The van der Waals surface area contributed by atoms with Crippen molar-refractivity contribution in [2.24, 2.45) is 0 Å². The molecule has 1 N–H and O–H groups in total. The van der Waals surface area contributed by atoms with Gasteiger partial charge in [0.25, 0.3) is 5.91 Å². The second-order valence-corrected chi connectivity index (χ2v) is 8.64. The Morgan fingerprint density at radius 2 is 1.97 bits per heavy atom. The van der Waals surface area contributed by atoms with Crippen molar-refractivity contribution in [2.75, 3.05) is 32.8 Å². The van der Waals surface area contributed by atoms with Gasteiger partial charge in [0.15, 0.2) is 17.3 Å². The van der Waals surface area contributed by atoms with Gasteiger partial charge in [0.05, 0.1) is 23.5 Å². The van der Waals surface area contributed by atoms with E-state index in [0.29, 0.717) is 47.2 Å². The molecule has 0 bridgehead atoms. The van der Waals surface area contributed by atoms with Gasteiger partial charge in [-0.25, -0.2) is 0 Å². The molecule has 34 heavy (non-hydrogen) atoms. The Labute approximate surface area is 204 Å².